The molecule has 0 aliphatic rings. The maximum atomic E-state index is 9.89. The molecule has 0 fully saturated rings. The highest BCUT2D eigenvalue weighted by Crippen LogP contribution is 2.29. The number of halogens is 1. The van der Waals surface area contributed by atoms with Crippen molar-refractivity contribution in [1.82, 2.24) is 0 Å². The Kier molecular flexibility index (Phi) is 4.57. The molecule has 15 heavy (non-hydrogen) atoms. The second-order valence-corrected chi connectivity index (χ2v) is 4.27. The van der Waals surface area contributed by atoms with Gasteiger partial charge in [0, 0.05) is 6.04 Å². The van der Waals surface area contributed by atoms with Gasteiger partial charge in [0.15, 0.2) is 0 Å². The van der Waals surface area contributed by atoms with Crippen molar-refractivity contribution in [2.45, 2.75) is 25.5 Å². The van der Waals surface area contributed by atoms with Crippen molar-refractivity contribution in [1.29, 1.82) is 0 Å². The minimum atomic E-state index is -0.628. The summed E-state index contributed by atoms with van der Waals surface area (Å²) in [7, 11) is 1.61. The fourth-order valence-corrected chi connectivity index (χ4v) is 1.90. The van der Waals surface area contributed by atoms with Gasteiger partial charge in [0.05, 0.1) is 17.7 Å². The van der Waals surface area contributed by atoms with Gasteiger partial charge in [-0.2, -0.15) is 0 Å². The summed E-state index contributed by atoms with van der Waals surface area (Å²) in [5.41, 5.74) is 6.58. The molecule has 2 unspecified atom stereocenters. The van der Waals surface area contributed by atoms with Gasteiger partial charge in [0.1, 0.15) is 5.75 Å². The van der Waals surface area contributed by atoms with Crippen molar-refractivity contribution in [3.8, 4) is 5.75 Å². The van der Waals surface area contributed by atoms with Crippen molar-refractivity contribution in [3.05, 3.63) is 28.2 Å². The van der Waals surface area contributed by atoms with Crippen LogP contribution in [0.3, 0.4) is 0 Å². The molecule has 4 heteroatoms. The summed E-state index contributed by atoms with van der Waals surface area (Å²) in [4.78, 5) is 0. The van der Waals surface area contributed by atoms with Crippen molar-refractivity contribution in [2.24, 2.45) is 5.73 Å². The van der Waals surface area contributed by atoms with Gasteiger partial charge in [0.2, 0.25) is 0 Å². The molecule has 3 N–H and O–H groups in total. The van der Waals surface area contributed by atoms with Crippen LogP contribution < -0.4 is 10.5 Å². The Morgan fingerprint density at radius 2 is 2.20 bits per heavy atom. The lowest BCUT2D eigenvalue weighted by atomic mass is 10.0. The van der Waals surface area contributed by atoms with E-state index in [4.69, 9.17) is 10.5 Å². The Bertz CT molecular complexity index is 330. The van der Waals surface area contributed by atoms with Gasteiger partial charge in [-0.15, -0.1) is 0 Å². The molecular formula is C11H16BrNO2. The van der Waals surface area contributed by atoms with Crippen LogP contribution in [-0.4, -0.2) is 18.3 Å². The number of hydrogen-bond acceptors (Lipinski definition) is 3. The fraction of sp³-hybridized carbons (Fsp3) is 0.455. The molecule has 1 rings (SSSR count). The number of nitrogens with two attached hydrogens (primary N) is 1. The van der Waals surface area contributed by atoms with Crippen LogP contribution in [0.2, 0.25) is 0 Å². The Balaban J connectivity index is 2.92. The molecule has 0 amide bonds. The minimum Gasteiger partial charge on any atom is -0.496 e. The van der Waals surface area contributed by atoms with Crippen molar-refractivity contribution in [3.63, 3.8) is 0 Å². The highest BCUT2D eigenvalue weighted by atomic mass is 79.9. The van der Waals surface area contributed by atoms with Crippen LogP contribution >= 0.6 is 15.9 Å². The second kappa shape index (κ2) is 5.49. The first-order valence-electron chi connectivity index (χ1n) is 4.87. The van der Waals surface area contributed by atoms with Gasteiger partial charge in [-0.1, -0.05) is 13.0 Å². The molecule has 0 aliphatic carbocycles. The average molecular weight is 274 g/mol. The summed E-state index contributed by atoms with van der Waals surface area (Å²) in [5.74, 6) is 0.746. The molecule has 3 nitrogen and oxygen atoms in total. The first-order chi connectivity index (χ1) is 7.10. The molecule has 2 atom stereocenters. The van der Waals surface area contributed by atoms with Crippen molar-refractivity contribution in [2.75, 3.05) is 7.11 Å². The van der Waals surface area contributed by atoms with Crippen molar-refractivity contribution >= 4 is 15.9 Å². The third kappa shape index (κ3) is 2.93. The molecular weight excluding hydrogens is 258 g/mol. The van der Waals surface area contributed by atoms with E-state index in [0.717, 1.165) is 22.2 Å². The van der Waals surface area contributed by atoms with Crippen molar-refractivity contribution < 1.29 is 9.84 Å². The quantitative estimate of drug-likeness (QED) is 0.885. The number of ether oxygens (including phenoxy) is 1. The molecule has 84 valence electrons. The monoisotopic (exact) mass is 273 g/mol. The zero-order valence-electron chi connectivity index (χ0n) is 8.90. The van der Waals surface area contributed by atoms with Crippen LogP contribution in [0.25, 0.3) is 0 Å². The summed E-state index contributed by atoms with van der Waals surface area (Å²) >= 11 is 3.37. The number of aliphatic hydroxyl groups is 1. The molecule has 0 aromatic heterocycles. The lowest BCUT2D eigenvalue weighted by Crippen LogP contribution is -2.27. The van der Waals surface area contributed by atoms with E-state index in [0.29, 0.717) is 0 Å². The van der Waals surface area contributed by atoms with E-state index in [2.05, 4.69) is 15.9 Å². The largest absolute Gasteiger partial charge is 0.496 e. The summed E-state index contributed by atoms with van der Waals surface area (Å²) in [6, 6.07) is 5.23. The van der Waals surface area contributed by atoms with E-state index in [-0.39, 0.29) is 6.04 Å². The lowest BCUT2D eigenvalue weighted by Gasteiger charge is -2.18. The summed E-state index contributed by atoms with van der Waals surface area (Å²) < 4.78 is 5.93. The first kappa shape index (κ1) is 12.5. The standard InChI is InChI=1S/C11H16BrNO2/c1-3-9(13)11(14)7-4-5-10(15-2)8(12)6-7/h4-6,9,11,14H,3,13H2,1-2H3. The Morgan fingerprint density at radius 1 is 1.53 bits per heavy atom. The van der Waals surface area contributed by atoms with E-state index in [1.165, 1.54) is 0 Å². The molecule has 0 saturated heterocycles. The normalized spacial score (nSPS) is 14.7. The highest BCUT2D eigenvalue weighted by molar-refractivity contribution is 9.10. The maximum absolute atomic E-state index is 9.89. The highest BCUT2D eigenvalue weighted by Gasteiger charge is 2.16. The smallest absolute Gasteiger partial charge is 0.133 e. The van der Waals surface area contributed by atoms with Gasteiger partial charge in [-0.3, -0.25) is 0 Å². The Morgan fingerprint density at radius 3 is 2.67 bits per heavy atom. The van der Waals surface area contributed by atoms with E-state index in [1.807, 2.05) is 25.1 Å². The first-order valence-corrected chi connectivity index (χ1v) is 5.66. The fourth-order valence-electron chi connectivity index (χ4n) is 1.34. The molecule has 1 aromatic rings. The average Bonchev–Trinajstić information content (AvgIpc) is 2.26. The number of benzene rings is 1. The van der Waals surface area contributed by atoms with Gasteiger partial charge < -0.3 is 15.6 Å². The number of aliphatic hydroxyl groups excluding tert-OH is 1. The topological polar surface area (TPSA) is 55.5 Å². The number of rotatable bonds is 4. The number of methoxy groups -OCH3 is 1. The predicted octanol–water partition coefficient (Wildman–Crippen LogP) is 2.23. The van der Waals surface area contributed by atoms with E-state index in [9.17, 15) is 5.11 Å². The maximum Gasteiger partial charge on any atom is 0.133 e. The van der Waals surface area contributed by atoms with Gasteiger partial charge >= 0.3 is 0 Å². The van der Waals surface area contributed by atoms with E-state index in [1.54, 1.807) is 7.11 Å². The molecule has 0 aliphatic heterocycles. The predicted molar refractivity (Wildman–Crippen MR) is 63.9 cm³/mol. The third-order valence-electron chi connectivity index (χ3n) is 2.39. The molecule has 0 spiro atoms. The third-order valence-corrected chi connectivity index (χ3v) is 3.01. The number of hydrogen-bond donors (Lipinski definition) is 2. The molecule has 0 bridgehead atoms. The van der Waals surface area contributed by atoms with Crippen LogP contribution in [0.4, 0.5) is 0 Å². The van der Waals surface area contributed by atoms with Crippen LogP contribution in [0.1, 0.15) is 25.0 Å². The van der Waals surface area contributed by atoms with Crippen LogP contribution in [0.15, 0.2) is 22.7 Å². The summed E-state index contributed by atoms with van der Waals surface area (Å²) in [5, 5.41) is 9.89. The van der Waals surface area contributed by atoms with Gasteiger partial charge in [0.25, 0.3) is 0 Å². The molecule has 0 saturated carbocycles. The van der Waals surface area contributed by atoms with E-state index >= 15 is 0 Å². The van der Waals surface area contributed by atoms with Gasteiger partial charge in [-0.05, 0) is 40.0 Å². The van der Waals surface area contributed by atoms with Crippen LogP contribution in [-0.2, 0) is 0 Å². The Hall–Kier alpha value is -0.580. The summed E-state index contributed by atoms with van der Waals surface area (Å²) in [6.45, 7) is 1.95. The second-order valence-electron chi connectivity index (χ2n) is 3.41. The Labute approximate surface area is 98.4 Å². The molecule has 0 radical (unpaired) electrons. The molecule has 1 aromatic carbocycles. The van der Waals surface area contributed by atoms with E-state index < -0.39 is 6.10 Å². The molecule has 0 heterocycles. The zero-order chi connectivity index (χ0) is 11.4. The van der Waals surface area contributed by atoms with Crippen LogP contribution in [0, 0.1) is 0 Å². The minimum absolute atomic E-state index is 0.231. The summed E-state index contributed by atoms with van der Waals surface area (Å²) in [6.07, 6.45) is 0.113. The zero-order valence-corrected chi connectivity index (χ0v) is 10.5. The van der Waals surface area contributed by atoms with Crippen LogP contribution in [0.5, 0.6) is 5.75 Å². The lowest BCUT2D eigenvalue weighted by molar-refractivity contribution is 0.144. The van der Waals surface area contributed by atoms with Gasteiger partial charge in [-0.25, -0.2) is 0 Å². The SMILES string of the molecule is CCC(N)C(O)c1ccc(OC)c(Br)c1.